The number of hydrogen-bond donors (Lipinski definition) is 1. The predicted molar refractivity (Wildman–Crippen MR) is 63.0 cm³/mol. The zero-order valence-corrected chi connectivity index (χ0v) is 10.4. The van der Waals surface area contributed by atoms with E-state index in [1.807, 2.05) is 6.07 Å². The Morgan fingerprint density at radius 2 is 2.44 bits per heavy atom. The van der Waals surface area contributed by atoms with E-state index in [1.54, 1.807) is 12.4 Å². The van der Waals surface area contributed by atoms with E-state index < -0.39 is 0 Å². The molecule has 0 saturated carbocycles. The summed E-state index contributed by atoms with van der Waals surface area (Å²) >= 11 is 3.32. The summed E-state index contributed by atoms with van der Waals surface area (Å²) in [6, 6.07) is 1.90. The summed E-state index contributed by atoms with van der Waals surface area (Å²) in [5, 5.41) is 2.86. The summed E-state index contributed by atoms with van der Waals surface area (Å²) < 4.78 is 5.95. The second kappa shape index (κ2) is 5.41. The molecule has 2 heterocycles. The van der Waals surface area contributed by atoms with Crippen molar-refractivity contribution >= 4 is 21.8 Å². The standard InChI is InChI=1S/C11H13BrN2O2/c12-9-3-8(5-13-6-9)4-11(15)14-2-1-10-7-16-10/h3,5-6,10H,1-2,4,7H2,(H,14,15). The molecule has 0 spiro atoms. The van der Waals surface area contributed by atoms with Gasteiger partial charge in [-0.15, -0.1) is 0 Å². The maximum Gasteiger partial charge on any atom is 0.224 e. The average Bonchev–Trinajstić information content (AvgIpc) is 3.01. The minimum absolute atomic E-state index is 0.0283. The Morgan fingerprint density at radius 3 is 3.12 bits per heavy atom. The van der Waals surface area contributed by atoms with E-state index in [2.05, 4.69) is 26.2 Å². The maximum atomic E-state index is 11.5. The molecule has 1 unspecified atom stereocenters. The van der Waals surface area contributed by atoms with Crippen LogP contribution >= 0.6 is 15.9 Å². The van der Waals surface area contributed by atoms with Gasteiger partial charge < -0.3 is 10.1 Å². The summed E-state index contributed by atoms with van der Waals surface area (Å²) in [5.41, 5.74) is 0.912. The molecule has 1 atom stereocenters. The van der Waals surface area contributed by atoms with Crippen LogP contribution in [0.3, 0.4) is 0 Å². The Morgan fingerprint density at radius 1 is 1.62 bits per heavy atom. The van der Waals surface area contributed by atoms with E-state index in [9.17, 15) is 4.79 Å². The number of amides is 1. The van der Waals surface area contributed by atoms with Crippen LogP contribution in [0.4, 0.5) is 0 Å². The molecule has 5 heteroatoms. The molecule has 2 rings (SSSR count). The van der Waals surface area contributed by atoms with E-state index in [-0.39, 0.29) is 5.91 Å². The van der Waals surface area contributed by atoms with E-state index in [0.29, 0.717) is 19.1 Å². The molecule has 1 aromatic heterocycles. The highest BCUT2D eigenvalue weighted by molar-refractivity contribution is 9.10. The molecule has 1 aliphatic rings. The second-order valence-corrected chi connectivity index (χ2v) is 4.70. The highest BCUT2D eigenvalue weighted by Gasteiger charge is 2.21. The van der Waals surface area contributed by atoms with Crippen LogP contribution in [0.1, 0.15) is 12.0 Å². The van der Waals surface area contributed by atoms with E-state index >= 15 is 0 Å². The van der Waals surface area contributed by atoms with E-state index in [4.69, 9.17) is 4.74 Å². The third-order valence-electron chi connectivity index (χ3n) is 2.32. The SMILES string of the molecule is O=C(Cc1cncc(Br)c1)NCCC1CO1. The molecule has 16 heavy (non-hydrogen) atoms. The van der Waals surface area contributed by atoms with Gasteiger partial charge in [-0.2, -0.15) is 0 Å². The van der Waals surface area contributed by atoms with Crippen LogP contribution < -0.4 is 5.32 Å². The lowest BCUT2D eigenvalue weighted by Gasteiger charge is -2.04. The zero-order valence-electron chi connectivity index (χ0n) is 8.78. The van der Waals surface area contributed by atoms with Gasteiger partial charge in [0.15, 0.2) is 0 Å². The fourth-order valence-corrected chi connectivity index (χ4v) is 1.82. The van der Waals surface area contributed by atoms with Crippen molar-refractivity contribution in [1.82, 2.24) is 10.3 Å². The number of pyridine rings is 1. The Bertz CT molecular complexity index is 380. The molecule has 1 N–H and O–H groups in total. The van der Waals surface area contributed by atoms with E-state index in [1.165, 1.54) is 0 Å². The Kier molecular flexibility index (Phi) is 3.90. The van der Waals surface area contributed by atoms with Crippen molar-refractivity contribution in [3.05, 3.63) is 28.5 Å². The molecule has 86 valence electrons. The fourth-order valence-electron chi connectivity index (χ4n) is 1.41. The topological polar surface area (TPSA) is 54.5 Å². The average molecular weight is 285 g/mol. The number of nitrogens with one attached hydrogen (secondary N) is 1. The number of aromatic nitrogens is 1. The van der Waals surface area contributed by atoms with Gasteiger partial charge >= 0.3 is 0 Å². The number of carbonyl (C=O) groups excluding carboxylic acids is 1. The smallest absolute Gasteiger partial charge is 0.224 e. The molecule has 0 aromatic carbocycles. The van der Waals surface area contributed by atoms with Gasteiger partial charge in [0.1, 0.15) is 0 Å². The first-order valence-corrected chi connectivity index (χ1v) is 6.01. The van der Waals surface area contributed by atoms with Gasteiger partial charge in [0.2, 0.25) is 5.91 Å². The summed E-state index contributed by atoms with van der Waals surface area (Å²) in [4.78, 5) is 15.5. The van der Waals surface area contributed by atoms with Crippen molar-refractivity contribution in [1.29, 1.82) is 0 Å². The van der Waals surface area contributed by atoms with Gasteiger partial charge in [0, 0.05) is 23.4 Å². The first-order valence-electron chi connectivity index (χ1n) is 5.22. The molecule has 0 radical (unpaired) electrons. The Balaban J connectivity index is 1.73. The van der Waals surface area contributed by atoms with Crippen LogP contribution in [0, 0.1) is 0 Å². The zero-order chi connectivity index (χ0) is 11.4. The number of carbonyl (C=O) groups is 1. The first-order chi connectivity index (χ1) is 7.74. The maximum absolute atomic E-state index is 11.5. The highest BCUT2D eigenvalue weighted by Crippen LogP contribution is 2.12. The normalized spacial score (nSPS) is 18.2. The lowest BCUT2D eigenvalue weighted by molar-refractivity contribution is -0.120. The van der Waals surface area contributed by atoms with Gasteiger partial charge in [-0.25, -0.2) is 0 Å². The van der Waals surface area contributed by atoms with Crippen molar-refractivity contribution in [2.45, 2.75) is 18.9 Å². The number of rotatable bonds is 5. The lowest BCUT2D eigenvalue weighted by atomic mass is 10.2. The van der Waals surface area contributed by atoms with Crippen molar-refractivity contribution in [3.8, 4) is 0 Å². The molecule has 0 aliphatic carbocycles. The molecular weight excluding hydrogens is 272 g/mol. The lowest BCUT2D eigenvalue weighted by Crippen LogP contribution is -2.26. The minimum Gasteiger partial charge on any atom is -0.373 e. The number of nitrogens with zero attached hydrogens (tertiary/aromatic N) is 1. The number of hydrogen-bond acceptors (Lipinski definition) is 3. The Labute approximate surface area is 103 Å². The van der Waals surface area contributed by atoms with Crippen molar-refractivity contribution in [3.63, 3.8) is 0 Å². The summed E-state index contributed by atoms with van der Waals surface area (Å²) in [7, 11) is 0. The number of epoxide rings is 1. The third kappa shape index (κ3) is 3.90. The molecule has 4 nitrogen and oxygen atoms in total. The monoisotopic (exact) mass is 284 g/mol. The molecule has 1 amide bonds. The molecule has 1 fully saturated rings. The van der Waals surface area contributed by atoms with Gasteiger partial charge in [0.05, 0.1) is 19.1 Å². The van der Waals surface area contributed by atoms with Crippen LogP contribution in [0.25, 0.3) is 0 Å². The molecule has 1 aliphatic heterocycles. The fraction of sp³-hybridized carbons (Fsp3) is 0.455. The Hall–Kier alpha value is -0.940. The van der Waals surface area contributed by atoms with Gasteiger partial charge in [-0.05, 0) is 34.0 Å². The summed E-state index contributed by atoms with van der Waals surface area (Å²) in [5.74, 6) is 0.0283. The minimum atomic E-state index is 0.0283. The van der Waals surface area contributed by atoms with Crippen LogP contribution in [-0.2, 0) is 16.0 Å². The largest absolute Gasteiger partial charge is 0.373 e. The van der Waals surface area contributed by atoms with Crippen LogP contribution in [-0.4, -0.2) is 30.1 Å². The summed E-state index contributed by atoms with van der Waals surface area (Å²) in [6.45, 7) is 1.52. The quantitative estimate of drug-likeness (QED) is 0.829. The predicted octanol–water partition coefficient (Wildman–Crippen LogP) is 1.29. The van der Waals surface area contributed by atoms with Crippen molar-refractivity contribution < 1.29 is 9.53 Å². The van der Waals surface area contributed by atoms with Gasteiger partial charge in [0.25, 0.3) is 0 Å². The van der Waals surface area contributed by atoms with Gasteiger partial charge in [-0.1, -0.05) is 0 Å². The first kappa shape index (κ1) is 11.5. The van der Waals surface area contributed by atoms with E-state index in [0.717, 1.165) is 23.1 Å². The van der Waals surface area contributed by atoms with Gasteiger partial charge in [-0.3, -0.25) is 9.78 Å². The van der Waals surface area contributed by atoms with Crippen molar-refractivity contribution in [2.75, 3.05) is 13.2 Å². The molecule has 1 aromatic rings. The summed E-state index contributed by atoms with van der Waals surface area (Å²) in [6.07, 6.45) is 5.05. The molecular formula is C11H13BrN2O2. The second-order valence-electron chi connectivity index (χ2n) is 3.78. The van der Waals surface area contributed by atoms with Crippen LogP contribution in [0.5, 0.6) is 0 Å². The molecule has 0 bridgehead atoms. The van der Waals surface area contributed by atoms with Crippen LogP contribution in [0.15, 0.2) is 22.9 Å². The van der Waals surface area contributed by atoms with Crippen LogP contribution in [0.2, 0.25) is 0 Å². The number of halogens is 1. The molecule has 1 saturated heterocycles. The third-order valence-corrected chi connectivity index (χ3v) is 2.75. The number of ether oxygens (including phenoxy) is 1. The highest BCUT2D eigenvalue weighted by atomic mass is 79.9. The van der Waals surface area contributed by atoms with Crippen molar-refractivity contribution in [2.24, 2.45) is 0 Å².